The first kappa shape index (κ1) is 36.6. The molecule has 4 atom stereocenters. The van der Waals surface area contributed by atoms with Gasteiger partial charge in [0.2, 0.25) is 0 Å². The van der Waals surface area contributed by atoms with Crippen LogP contribution in [0.2, 0.25) is 0 Å². The molecular formula is C38H46N4O7S. The highest BCUT2D eigenvalue weighted by molar-refractivity contribution is 7.80. The van der Waals surface area contributed by atoms with Crippen LogP contribution in [0.5, 0.6) is 11.5 Å². The fourth-order valence-electron chi connectivity index (χ4n) is 5.62. The number of hydrogen-bond donors (Lipinski definition) is 4. The predicted molar refractivity (Wildman–Crippen MR) is 197 cm³/mol. The second-order valence-electron chi connectivity index (χ2n) is 15.0. The molecule has 2 heterocycles. The highest BCUT2D eigenvalue weighted by Gasteiger charge is 2.42. The molecule has 0 saturated carbocycles. The second-order valence-corrected chi connectivity index (χ2v) is 15.5. The van der Waals surface area contributed by atoms with E-state index in [9.17, 15) is 14.4 Å². The van der Waals surface area contributed by atoms with Crippen molar-refractivity contribution in [2.45, 2.75) is 103 Å². The van der Waals surface area contributed by atoms with Crippen LogP contribution in [-0.2, 0) is 41.4 Å². The topological polar surface area (TPSA) is 150 Å². The molecule has 0 fully saturated rings. The van der Waals surface area contributed by atoms with Gasteiger partial charge in [0.1, 0.15) is 39.3 Å². The van der Waals surface area contributed by atoms with Crippen molar-refractivity contribution in [2.24, 2.45) is 5.73 Å². The van der Waals surface area contributed by atoms with Crippen molar-refractivity contribution in [3.05, 3.63) is 77.4 Å². The van der Waals surface area contributed by atoms with Gasteiger partial charge in [-0.15, -0.1) is 0 Å². The van der Waals surface area contributed by atoms with Gasteiger partial charge in [-0.3, -0.25) is 4.79 Å². The van der Waals surface area contributed by atoms with Crippen molar-refractivity contribution in [3.8, 4) is 11.5 Å². The zero-order valence-electron chi connectivity index (χ0n) is 30.0. The SMILES string of the molecule is CC1Oc2ccc(NC(C)(C(=O)OC(C)(C)C)c3ccc(CC(N)(C(=O)OC(C)(C)C)c4ccc5c(c4)NC(=S)C(C)O5)cc3)cc2NC1=O. The number of carbonyl (C=O) groups excluding carboxylic acids is 3. The van der Waals surface area contributed by atoms with Crippen molar-refractivity contribution in [2.75, 3.05) is 16.0 Å². The maximum Gasteiger partial charge on any atom is 0.336 e. The predicted octanol–water partition coefficient (Wildman–Crippen LogP) is 6.33. The lowest BCUT2D eigenvalue weighted by Gasteiger charge is -2.35. The third-order valence-electron chi connectivity index (χ3n) is 8.31. The summed E-state index contributed by atoms with van der Waals surface area (Å²) in [5.74, 6) is -0.244. The van der Waals surface area contributed by atoms with E-state index in [0.717, 1.165) is 5.56 Å². The summed E-state index contributed by atoms with van der Waals surface area (Å²) in [6, 6.07) is 17.8. The summed E-state index contributed by atoms with van der Waals surface area (Å²) in [6.45, 7) is 16.0. The maximum atomic E-state index is 13.9. The molecule has 0 radical (unpaired) electrons. The van der Waals surface area contributed by atoms with E-state index in [1.54, 1.807) is 104 Å². The number of fused-ring (bicyclic) bond motifs is 2. The van der Waals surface area contributed by atoms with Crippen LogP contribution in [-0.4, -0.2) is 46.2 Å². The number of thiocarbonyl (C=S) groups is 1. The van der Waals surface area contributed by atoms with Gasteiger partial charge >= 0.3 is 11.9 Å². The van der Waals surface area contributed by atoms with Crippen LogP contribution in [0, 0.1) is 0 Å². The number of ether oxygens (including phenoxy) is 4. The van der Waals surface area contributed by atoms with Gasteiger partial charge in [0.25, 0.3) is 5.91 Å². The fourth-order valence-corrected chi connectivity index (χ4v) is 5.78. The smallest absolute Gasteiger partial charge is 0.336 e. The molecule has 3 aromatic carbocycles. The van der Waals surface area contributed by atoms with Crippen LogP contribution in [0.4, 0.5) is 17.1 Å². The Balaban J connectivity index is 1.49. The molecule has 50 heavy (non-hydrogen) atoms. The summed E-state index contributed by atoms with van der Waals surface area (Å²) in [5.41, 5.74) is 6.00. The van der Waals surface area contributed by atoms with Crippen LogP contribution < -0.4 is 31.2 Å². The van der Waals surface area contributed by atoms with Crippen molar-refractivity contribution in [1.82, 2.24) is 0 Å². The van der Waals surface area contributed by atoms with Gasteiger partial charge in [-0.2, -0.15) is 0 Å². The van der Waals surface area contributed by atoms with E-state index in [2.05, 4.69) is 16.0 Å². The average molecular weight is 703 g/mol. The zero-order chi connectivity index (χ0) is 36.8. The Morgan fingerprint density at radius 1 is 0.780 bits per heavy atom. The van der Waals surface area contributed by atoms with Gasteiger partial charge in [-0.05, 0) is 109 Å². The molecule has 5 N–H and O–H groups in total. The Morgan fingerprint density at radius 3 is 1.94 bits per heavy atom. The molecule has 0 bridgehead atoms. The summed E-state index contributed by atoms with van der Waals surface area (Å²) in [7, 11) is 0. The molecule has 0 aliphatic carbocycles. The van der Waals surface area contributed by atoms with E-state index in [0.29, 0.717) is 44.7 Å². The van der Waals surface area contributed by atoms with Crippen molar-refractivity contribution >= 4 is 52.1 Å². The van der Waals surface area contributed by atoms with E-state index in [4.69, 9.17) is 36.9 Å². The molecule has 3 aromatic rings. The Kier molecular flexibility index (Phi) is 9.68. The van der Waals surface area contributed by atoms with Gasteiger partial charge in [0.15, 0.2) is 11.6 Å². The van der Waals surface area contributed by atoms with Crippen molar-refractivity contribution in [3.63, 3.8) is 0 Å². The van der Waals surface area contributed by atoms with Crippen LogP contribution >= 0.6 is 12.2 Å². The molecule has 12 heteroatoms. The number of nitrogens with two attached hydrogens (primary N) is 1. The van der Waals surface area contributed by atoms with Gasteiger partial charge in [-0.1, -0.05) is 42.5 Å². The number of benzene rings is 3. The molecule has 11 nitrogen and oxygen atoms in total. The minimum Gasteiger partial charge on any atom is -0.481 e. The van der Waals surface area contributed by atoms with Crippen molar-refractivity contribution in [1.29, 1.82) is 0 Å². The minimum atomic E-state index is -1.59. The number of esters is 2. The van der Waals surface area contributed by atoms with Crippen LogP contribution in [0.3, 0.4) is 0 Å². The van der Waals surface area contributed by atoms with Gasteiger partial charge in [0, 0.05) is 12.1 Å². The number of amides is 1. The third kappa shape index (κ3) is 7.87. The van der Waals surface area contributed by atoms with Crippen LogP contribution in [0.15, 0.2) is 60.7 Å². The minimum absolute atomic E-state index is 0.0855. The van der Waals surface area contributed by atoms with E-state index < -0.39 is 40.3 Å². The molecule has 0 saturated heterocycles. The molecule has 266 valence electrons. The quantitative estimate of drug-likeness (QED) is 0.154. The van der Waals surface area contributed by atoms with E-state index >= 15 is 0 Å². The lowest BCUT2D eigenvalue weighted by molar-refractivity contribution is -0.162. The first-order valence-corrected chi connectivity index (χ1v) is 16.9. The van der Waals surface area contributed by atoms with E-state index in [-0.39, 0.29) is 18.4 Å². The monoisotopic (exact) mass is 702 g/mol. The number of anilines is 3. The van der Waals surface area contributed by atoms with E-state index in [1.807, 2.05) is 19.1 Å². The largest absolute Gasteiger partial charge is 0.481 e. The van der Waals surface area contributed by atoms with Crippen LogP contribution in [0.25, 0.3) is 0 Å². The van der Waals surface area contributed by atoms with E-state index in [1.165, 1.54) is 0 Å². The molecule has 2 aliphatic rings. The Morgan fingerprint density at radius 2 is 1.32 bits per heavy atom. The molecule has 1 amide bonds. The summed E-state index contributed by atoms with van der Waals surface area (Å²) in [5, 5.41) is 9.36. The molecule has 5 rings (SSSR count). The highest BCUT2D eigenvalue weighted by atomic mass is 32.1. The normalized spacial score (nSPS) is 19.5. The second kappa shape index (κ2) is 13.2. The molecule has 4 unspecified atom stereocenters. The van der Waals surface area contributed by atoms with Crippen LogP contribution in [0.1, 0.15) is 79.0 Å². The molecule has 0 spiro atoms. The standard InChI is InChI=1S/C38H46N4O7S/c1-21-31(43)40-28-19-26(15-17-30(28)46-21)42-37(9,33(44)48-35(3,4)5)24-12-10-23(11-13-24)20-38(39,34(45)49-36(6,7)8)25-14-16-29-27(18-25)41-32(50)22(2)47-29/h10-19,21-22,42H,20,39H2,1-9H3,(H,40,43)(H,41,50). The zero-order valence-corrected chi connectivity index (χ0v) is 30.8. The number of hydrogen-bond acceptors (Lipinski definition) is 10. The summed E-state index contributed by atoms with van der Waals surface area (Å²) >= 11 is 5.42. The molecule has 0 aromatic heterocycles. The Labute approximate surface area is 298 Å². The summed E-state index contributed by atoms with van der Waals surface area (Å²) < 4.78 is 23.3. The lowest BCUT2D eigenvalue weighted by atomic mass is 9.83. The maximum absolute atomic E-state index is 13.9. The van der Waals surface area contributed by atoms with Gasteiger partial charge < -0.3 is 40.6 Å². The summed E-state index contributed by atoms with van der Waals surface area (Å²) in [6.07, 6.45) is -0.820. The van der Waals surface area contributed by atoms with Crippen molar-refractivity contribution < 1.29 is 33.3 Å². The lowest BCUT2D eigenvalue weighted by Crippen LogP contribution is -2.50. The number of rotatable bonds is 8. The molecule has 2 aliphatic heterocycles. The Hall–Kier alpha value is -4.68. The van der Waals surface area contributed by atoms with Gasteiger partial charge in [0.05, 0.1) is 11.4 Å². The summed E-state index contributed by atoms with van der Waals surface area (Å²) in [4.78, 5) is 40.5. The Bertz CT molecular complexity index is 1830. The highest BCUT2D eigenvalue weighted by Crippen LogP contribution is 2.38. The fraction of sp³-hybridized carbons (Fsp3) is 0.421. The number of nitrogens with one attached hydrogen (secondary N) is 3. The average Bonchev–Trinajstić information content (AvgIpc) is 3.00. The third-order valence-corrected chi connectivity index (χ3v) is 8.75. The molecular weight excluding hydrogens is 657 g/mol. The first-order chi connectivity index (χ1) is 23.2. The van der Waals surface area contributed by atoms with Gasteiger partial charge in [-0.25, -0.2) is 9.59 Å². The number of carbonyl (C=O) groups is 3. The first-order valence-electron chi connectivity index (χ1n) is 16.5.